The Labute approximate surface area is 303 Å². The Hall–Kier alpha value is -4.16. The molecular weight excluding hydrogens is 629 g/mol. The van der Waals surface area contributed by atoms with Crippen molar-refractivity contribution in [3.05, 3.63) is 115 Å². The lowest BCUT2D eigenvalue weighted by Crippen LogP contribution is -2.41. The van der Waals surface area contributed by atoms with Crippen LogP contribution in [0.5, 0.6) is 0 Å². The zero-order valence-corrected chi connectivity index (χ0v) is 32.6. The van der Waals surface area contributed by atoms with Gasteiger partial charge in [0.15, 0.2) is 0 Å². The topological polar surface area (TPSA) is 23.4 Å². The molecule has 0 amide bonds. The number of para-hydroxylation sites is 1. The molecule has 0 spiro atoms. The maximum absolute atomic E-state index is 6.69. The first-order chi connectivity index (χ1) is 24.2. The molecule has 1 fully saturated rings. The van der Waals surface area contributed by atoms with Crippen molar-refractivity contribution in [2.24, 2.45) is 0 Å². The molecule has 1 aliphatic heterocycles. The number of fused-ring (bicyclic) bond motifs is 7. The predicted molar refractivity (Wildman–Crippen MR) is 224 cm³/mol. The molecule has 1 aliphatic rings. The van der Waals surface area contributed by atoms with Crippen molar-refractivity contribution in [3.63, 3.8) is 0 Å². The van der Waals surface area contributed by atoms with Crippen LogP contribution in [-0.4, -0.2) is 22.9 Å². The smallest absolute Gasteiger partial charge is 0.399 e. The predicted octanol–water partition coefficient (Wildman–Crippen LogP) is 13.1. The molecule has 7 aromatic rings. The summed E-state index contributed by atoms with van der Waals surface area (Å²) in [6, 6.07) is 35.1. The minimum Gasteiger partial charge on any atom is -0.399 e. The van der Waals surface area contributed by atoms with Gasteiger partial charge in [0, 0.05) is 31.9 Å². The minimum absolute atomic E-state index is 0.432. The first kappa shape index (κ1) is 37.1. The maximum Gasteiger partial charge on any atom is 0.495 e. The molecule has 0 atom stereocenters. The average Bonchev–Trinajstić information content (AvgIpc) is 3.76. The van der Waals surface area contributed by atoms with Crippen molar-refractivity contribution < 1.29 is 9.31 Å². The van der Waals surface area contributed by atoms with Gasteiger partial charge in [-0.05, 0) is 86.6 Å². The van der Waals surface area contributed by atoms with E-state index in [0.29, 0.717) is 0 Å². The van der Waals surface area contributed by atoms with Crippen molar-refractivity contribution >= 4 is 72.0 Å². The molecule has 1 saturated heterocycles. The summed E-state index contributed by atoms with van der Waals surface area (Å²) in [4.78, 5) is 0. The number of thiophene rings is 1. The fourth-order valence-corrected chi connectivity index (χ4v) is 8.04. The Bertz CT molecular complexity index is 2270. The molecule has 0 unspecified atom stereocenters. The molecule has 5 heteroatoms. The Balaban J connectivity index is 0.000000771. The molecule has 50 heavy (non-hydrogen) atoms. The molecular formula is C45H52BNO2S. The number of hydrogen-bond acceptors (Lipinski definition) is 3. The normalized spacial score (nSPS) is 14.5. The lowest BCUT2D eigenvalue weighted by atomic mass is 9.75. The zero-order chi connectivity index (χ0) is 36.4. The van der Waals surface area contributed by atoms with Crippen molar-refractivity contribution in [3.8, 4) is 16.8 Å². The van der Waals surface area contributed by atoms with E-state index < -0.39 is 18.3 Å². The van der Waals surface area contributed by atoms with E-state index in [9.17, 15) is 0 Å². The van der Waals surface area contributed by atoms with Gasteiger partial charge in [0.05, 0.1) is 26.9 Å². The van der Waals surface area contributed by atoms with Crippen LogP contribution in [0.4, 0.5) is 0 Å². The largest absolute Gasteiger partial charge is 0.495 e. The monoisotopic (exact) mass is 681 g/mol. The van der Waals surface area contributed by atoms with Gasteiger partial charge < -0.3 is 13.9 Å². The highest BCUT2D eigenvalue weighted by Gasteiger charge is 2.52. The summed E-state index contributed by atoms with van der Waals surface area (Å²) in [6.07, 6.45) is 1.98. The fourth-order valence-electron chi connectivity index (χ4n) is 6.76. The number of aromatic nitrogens is 1. The van der Waals surface area contributed by atoms with Gasteiger partial charge in [-0.1, -0.05) is 127 Å². The molecule has 0 bridgehead atoms. The summed E-state index contributed by atoms with van der Waals surface area (Å²) in [5.74, 6) is 0. The first-order valence-corrected chi connectivity index (χ1v) is 19.1. The van der Waals surface area contributed by atoms with E-state index in [2.05, 4.69) is 143 Å². The van der Waals surface area contributed by atoms with Crippen LogP contribution in [-0.2, 0) is 9.31 Å². The van der Waals surface area contributed by atoms with Crippen LogP contribution in [0, 0.1) is 6.92 Å². The first-order valence-electron chi connectivity index (χ1n) is 18.2. The molecule has 0 saturated carbocycles. The van der Waals surface area contributed by atoms with Crippen LogP contribution in [0.25, 0.3) is 64.9 Å². The number of benzene rings is 5. The standard InChI is InChI=1S/C39H34BNO2S.3C2H6/c1-7-25-22-26(20-21-28(25)27-15-9-8-14-24(27)2)41-33-18-12-10-16-29(33)31-23-32(40-42-38(3,4)39(5,6)43-40)35-30-17-11-13-19-34(30)44-37(35)36(31)41;3*1-2/h7-23H,1H2,2-6H3;3*1-2H3. The van der Waals surface area contributed by atoms with Crippen LogP contribution < -0.4 is 5.46 Å². The Morgan fingerprint density at radius 3 is 1.94 bits per heavy atom. The van der Waals surface area contributed by atoms with Gasteiger partial charge in [0.25, 0.3) is 0 Å². The maximum atomic E-state index is 6.69. The quantitative estimate of drug-likeness (QED) is 0.173. The van der Waals surface area contributed by atoms with Gasteiger partial charge in [-0.3, -0.25) is 0 Å². The van der Waals surface area contributed by atoms with Gasteiger partial charge in [-0.25, -0.2) is 0 Å². The second-order valence-electron chi connectivity index (χ2n) is 12.9. The Morgan fingerprint density at radius 2 is 1.28 bits per heavy atom. The third-order valence-corrected chi connectivity index (χ3v) is 10.9. The van der Waals surface area contributed by atoms with Crippen molar-refractivity contribution in [2.75, 3.05) is 0 Å². The molecule has 0 N–H and O–H groups in total. The number of rotatable bonds is 4. The Morgan fingerprint density at radius 1 is 0.680 bits per heavy atom. The van der Waals surface area contributed by atoms with E-state index in [1.165, 1.54) is 58.7 Å². The van der Waals surface area contributed by atoms with Crippen molar-refractivity contribution in [2.45, 2.75) is 87.4 Å². The van der Waals surface area contributed by atoms with Crippen LogP contribution in [0.15, 0.2) is 104 Å². The third-order valence-electron chi connectivity index (χ3n) is 9.77. The van der Waals surface area contributed by atoms with Gasteiger partial charge in [0.2, 0.25) is 0 Å². The van der Waals surface area contributed by atoms with Gasteiger partial charge >= 0.3 is 7.12 Å². The number of aryl methyl sites for hydroxylation is 1. The van der Waals surface area contributed by atoms with Gasteiger partial charge in [-0.2, -0.15) is 0 Å². The lowest BCUT2D eigenvalue weighted by Gasteiger charge is -2.32. The lowest BCUT2D eigenvalue weighted by molar-refractivity contribution is 0.00578. The van der Waals surface area contributed by atoms with Crippen molar-refractivity contribution in [1.29, 1.82) is 0 Å². The highest BCUT2D eigenvalue weighted by atomic mass is 32.1. The molecule has 5 aromatic carbocycles. The van der Waals surface area contributed by atoms with E-state index in [4.69, 9.17) is 9.31 Å². The highest BCUT2D eigenvalue weighted by molar-refractivity contribution is 7.27. The van der Waals surface area contributed by atoms with Gasteiger partial charge in [-0.15, -0.1) is 11.3 Å². The highest BCUT2D eigenvalue weighted by Crippen LogP contribution is 2.45. The minimum atomic E-state index is -0.465. The molecule has 8 rings (SSSR count). The van der Waals surface area contributed by atoms with Crippen LogP contribution in [0.1, 0.15) is 80.4 Å². The molecule has 2 aromatic heterocycles. The van der Waals surface area contributed by atoms with E-state index in [1.807, 2.05) is 59.0 Å². The molecule has 0 radical (unpaired) electrons. The van der Waals surface area contributed by atoms with Crippen molar-refractivity contribution in [1.82, 2.24) is 4.57 Å². The SMILES string of the molecule is C=Cc1cc(-n2c3ccccc3c3cc(B4OC(C)(C)C(C)(C)O4)c4c5ccccc5sc4c32)ccc1-c1ccccc1C.CC.CC.CC. The summed E-state index contributed by atoms with van der Waals surface area (Å²) in [6.45, 7) is 26.9. The van der Waals surface area contributed by atoms with Crippen LogP contribution in [0.2, 0.25) is 0 Å². The number of hydrogen-bond donors (Lipinski definition) is 0. The molecule has 0 aliphatic carbocycles. The van der Waals surface area contributed by atoms with Gasteiger partial charge in [0.1, 0.15) is 0 Å². The summed E-state index contributed by atoms with van der Waals surface area (Å²) in [5.41, 5.74) is 8.52. The summed E-state index contributed by atoms with van der Waals surface area (Å²) < 4.78 is 18.3. The molecule has 3 heterocycles. The van der Waals surface area contributed by atoms with Crippen LogP contribution in [0.3, 0.4) is 0 Å². The summed E-state index contributed by atoms with van der Waals surface area (Å²) in [5, 5.41) is 4.86. The second kappa shape index (κ2) is 15.0. The fraction of sp³-hybridized carbons (Fsp3) is 0.289. The Kier molecular flexibility index (Phi) is 11.1. The summed E-state index contributed by atoms with van der Waals surface area (Å²) >= 11 is 1.85. The van der Waals surface area contributed by atoms with E-state index in [1.54, 1.807) is 0 Å². The summed E-state index contributed by atoms with van der Waals surface area (Å²) in [7, 11) is -0.465. The second-order valence-corrected chi connectivity index (χ2v) is 13.9. The van der Waals surface area contributed by atoms with Crippen LogP contribution >= 0.6 is 11.3 Å². The zero-order valence-electron chi connectivity index (χ0n) is 31.8. The van der Waals surface area contributed by atoms with E-state index in [0.717, 1.165) is 16.7 Å². The molecule has 258 valence electrons. The van der Waals surface area contributed by atoms with E-state index in [-0.39, 0.29) is 0 Å². The van der Waals surface area contributed by atoms with E-state index >= 15 is 0 Å². The molecule has 3 nitrogen and oxygen atoms in total. The average molecular weight is 682 g/mol. The number of nitrogens with zero attached hydrogens (tertiary/aromatic N) is 1. The third kappa shape index (κ3) is 6.10.